The van der Waals surface area contributed by atoms with E-state index in [0.29, 0.717) is 11.6 Å². The average molecular weight is 228 g/mol. The van der Waals surface area contributed by atoms with E-state index < -0.39 is 0 Å². The summed E-state index contributed by atoms with van der Waals surface area (Å²) in [5.41, 5.74) is 8.65. The number of nitrogen functional groups attached to an aromatic ring is 1. The van der Waals surface area contributed by atoms with Gasteiger partial charge in [0.05, 0.1) is 0 Å². The van der Waals surface area contributed by atoms with Crippen LogP contribution in [0.25, 0.3) is 11.4 Å². The van der Waals surface area contributed by atoms with E-state index in [1.165, 1.54) is 0 Å². The van der Waals surface area contributed by atoms with Crippen LogP contribution in [0.4, 0.5) is 5.82 Å². The zero-order valence-corrected chi connectivity index (χ0v) is 10.1. The second kappa shape index (κ2) is 4.91. The quantitative estimate of drug-likeness (QED) is 0.876. The number of aryl methyl sites for hydroxylation is 2. The molecule has 2 aromatic rings. The molecule has 0 aromatic carbocycles. The minimum Gasteiger partial charge on any atom is -0.384 e. The molecule has 0 amide bonds. The van der Waals surface area contributed by atoms with Gasteiger partial charge in [-0.15, -0.1) is 0 Å². The highest BCUT2D eigenvalue weighted by atomic mass is 14.9. The van der Waals surface area contributed by atoms with Crippen molar-refractivity contribution in [2.45, 2.75) is 26.7 Å². The lowest BCUT2D eigenvalue weighted by Gasteiger charge is -2.05. The van der Waals surface area contributed by atoms with Gasteiger partial charge in [-0.3, -0.25) is 4.98 Å². The van der Waals surface area contributed by atoms with Gasteiger partial charge >= 0.3 is 0 Å². The van der Waals surface area contributed by atoms with E-state index in [1.807, 2.05) is 25.1 Å². The van der Waals surface area contributed by atoms with Gasteiger partial charge in [-0.05, 0) is 25.5 Å². The van der Waals surface area contributed by atoms with Gasteiger partial charge in [0.1, 0.15) is 5.82 Å². The molecule has 0 atom stereocenters. The standard InChI is InChI=1S/C13H16N4/c1-3-4-11-7-12(14)17-13(16-11)10-6-5-9(2)15-8-10/h5-8H,3-4H2,1-2H3,(H2,14,16,17). The lowest BCUT2D eigenvalue weighted by atomic mass is 10.2. The number of rotatable bonds is 3. The monoisotopic (exact) mass is 228 g/mol. The summed E-state index contributed by atoms with van der Waals surface area (Å²) >= 11 is 0. The third-order valence-corrected chi connectivity index (χ3v) is 2.47. The van der Waals surface area contributed by atoms with Gasteiger partial charge in [0.15, 0.2) is 5.82 Å². The highest BCUT2D eigenvalue weighted by Gasteiger charge is 2.05. The predicted octanol–water partition coefficient (Wildman–Crippen LogP) is 2.38. The van der Waals surface area contributed by atoms with Crippen molar-refractivity contribution in [2.75, 3.05) is 5.73 Å². The molecule has 0 unspecified atom stereocenters. The second-order valence-electron chi connectivity index (χ2n) is 4.05. The maximum absolute atomic E-state index is 5.79. The normalized spacial score (nSPS) is 10.5. The molecular weight excluding hydrogens is 212 g/mol. The fraction of sp³-hybridized carbons (Fsp3) is 0.308. The first-order chi connectivity index (χ1) is 8.19. The van der Waals surface area contributed by atoms with E-state index >= 15 is 0 Å². The summed E-state index contributed by atoms with van der Waals surface area (Å²) in [5.74, 6) is 1.17. The summed E-state index contributed by atoms with van der Waals surface area (Å²) in [4.78, 5) is 13.0. The van der Waals surface area contributed by atoms with Gasteiger partial charge < -0.3 is 5.73 Å². The molecule has 0 spiro atoms. The van der Waals surface area contributed by atoms with Gasteiger partial charge in [0.2, 0.25) is 0 Å². The number of hydrogen-bond acceptors (Lipinski definition) is 4. The fourth-order valence-corrected chi connectivity index (χ4v) is 1.63. The Morgan fingerprint density at radius 2 is 2.06 bits per heavy atom. The van der Waals surface area contributed by atoms with Crippen molar-refractivity contribution in [3.05, 3.63) is 35.8 Å². The molecule has 4 nitrogen and oxygen atoms in total. The van der Waals surface area contributed by atoms with Crippen LogP contribution in [0.5, 0.6) is 0 Å². The zero-order valence-electron chi connectivity index (χ0n) is 10.1. The van der Waals surface area contributed by atoms with Crippen LogP contribution in [0.1, 0.15) is 24.7 Å². The summed E-state index contributed by atoms with van der Waals surface area (Å²) in [6.45, 7) is 4.07. The van der Waals surface area contributed by atoms with Crippen molar-refractivity contribution < 1.29 is 0 Å². The fourth-order valence-electron chi connectivity index (χ4n) is 1.63. The summed E-state index contributed by atoms with van der Waals surface area (Å²) in [6.07, 6.45) is 3.74. The molecule has 2 heterocycles. The SMILES string of the molecule is CCCc1cc(N)nc(-c2ccc(C)nc2)n1. The molecule has 0 saturated carbocycles. The lowest BCUT2D eigenvalue weighted by molar-refractivity contribution is 0.876. The lowest BCUT2D eigenvalue weighted by Crippen LogP contribution is -2.00. The first-order valence-electron chi connectivity index (χ1n) is 5.75. The van der Waals surface area contributed by atoms with Crippen molar-refractivity contribution >= 4 is 5.82 Å². The van der Waals surface area contributed by atoms with Crippen molar-refractivity contribution in [1.82, 2.24) is 15.0 Å². The number of pyridine rings is 1. The molecule has 2 rings (SSSR count). The van der Waals surface area contributed by atoms with Crippen LogP contribution in [-0.2, 0) is 6.42 Å². The largest absolute Gasteiger partial charge is 0.384 e. The number of nitrogens with zero attached hydrogens (tertiary/aromatic N) is 3. The van der Waals surface area contributed by atoms with Gasteiger partial charge in [-0.1, -0.05) is 13.3 Å². The van der Waals surface area contributed by atoms with Crippen LogP contribution in [0.2, 0.25) is 0 Å². The van der Waals surface area contributed by atoms with Crippen LogP contribution >= 0.6 is 0 Å². The average Bonchev–Trinajstić information content (AvgIpc) is 2.29. The first kappa shape index (κ1) is 11.5. The molecule has 0 fully saturated rings. The van der Waals surface area contributed by atoms with Crippen LogP contribution in [-0.4, -0.2) is 15.0 Å². The Labute approximate surface area is 101 Å². The van der Waals surface area contributed by atoms with E-state index in [4.69, 9.17) is 5.73 Å². The van der Waals surface area contributed by atoms with Crippen molar-refractivity contribution in [3.8, 4) is 11.4 Å². The summed E-state index contributed by atoms with van der Waals surface area (Å²) in [7, 11) is 0. The maximum Gasteiger partial charge on any atom is 0.163 e. The van der Waals surface area contributed by atoms with E-state index in [9.17, 15) is 0 Å². The molecule has 0 bridgehead atoms. The van der Waals surface area contributed by atoms with Gasteiger partial charge in [0, 0.05) is 29.2 Å². The topological polar surface area (TPSA) is 64.7 Å². The highest BCUT2D eigenvalue weighted by Crippen LogP contribution is 2.16. The first-order valence-corrected chi connectivity index (χ1v) is 5.75. The highest BCUT2D eigenvalue weighted by molar-refractivity contribution is 5.55. The third kappa shape index (κ3) is 2.78. The smallest absolute Gasteiger partial charge is 0.163 e. The second-order valence-corrected chi connectivity index (χ2v) is 4.05. The van der Waals surface area contributed by atoms with Crippen LogP contribution < -0.4 is 5.73 Å². The van der Waals surface area contributed by atoms with Crippen LogP contribution in [0, 0.1) is 6.92 Å². The molecular formula is C13H16N4. The maximum atomic E-state index is 5.79. The van der Waals surface area contributed by atoms with Gasteiger partial charge in [0.25, 0.3) is 0 Å². The Hall–Kier alpha value is -1.97. The van der Waals surface area contributed by atoms with E-state index in [2.05, 4.69) is 21.9 Å². The number of aromatic nitrogens is 3. The molecule has 0 saturated heterocycles. The molecule has 0 aliphatic heterocycles. The minimum atomic E-state index is 0.513. The Kier molecular flexibility index (Phi) is 3.32. The predicted molar refractivity (Wildman–Crippen MR) is 68.4 cm³/mol. The number of hydrogen-bond donors (Lipinski definition) is 1. The number of nitrogens with two attached hydrogens (primary N) is 1. The molecule has 0 radical (unpaired) electrons. The van der Waals surface area contributed by atoms with Crippen LogP contribution in [0.3, 0.4) is 0 Å². The Bertz CT molecular complexity index is 505. The number of anilines is 1. The van der Waals surface area contributed by atoms with Crippen molar-refractivity contribution in [2.24, 2.45) is 0 Å². The van der Waals surface area contributed by atoms with Crippen molar-refractivity contribution in [1.29, 1.82) is 0 Å². The third-order valence-electron chi connectivity index (χ3n) is 2.47. The van der Waals surface area contributed by atoms with E-state index in [1.54, 1.807) is 6.20 Å². The van der Waals surface area contributed by atoms with E-state index in [-0.39, 0.29) is 0 Å². The zero-order chi connectivity index (χ0) is 12.3. The van der Waals surface area contributed by atoms with Gasteiger partial charge in [-0.25, -0.2) is 9.97 Å². The molecule has 0 aliphatic carbocycles. The summed E-state index contributed by atoms with van der Waals surface area (Å²) in [6, 6.07) is 5.74. The molecule has 17 heavy (non-hydrogen) atoms. The van der Waals surface area contributed by atoms with Crippen molar-refractivity contribution in [3.63, 3.8) is 0 Å². The van der Waals surface area contributed by atoms with E-state index in [0.717, 1.165) is 29.8 Å². The van der Waals surface area contributed by atoms with Gasteiger partial charge in [-0.2, -0.15) is 0 Å². The summed E-state index contributed by atoms with van der Waals surface area (Å²) < 4.78 is 0. The molecule has 88 valence electrons. The molecule has 0 aliphatic rings. The Morgan fingerprint density at radius 3 is 2.71 bits per heavy atom. The Balaban J connectivity index is 2.40. The van der Waals surface area contributed by atoms with Crippen LogP contribution in [0.15, 0.2) is 24.4 Å². The molecule has 2 aromatic heterocycles. The summed E-state index contributed by atoms with van der Waals surface area (Å²) in [5, 5.41) is 0. The Morgan fingerprint density at radius 1 is 1.24 bits per heavy atom. The molecule has 2 N–H and O–H groups in total. The molecule has 4 heteroatoms. The minimum absolute atomic E-state index is 0.513.